The van der Waals surface area contributed by atoms with Gasteiger partial charge in [-0.15, -0.1) is 11.3 Å². The number of nitrogens with zero attached hydrogens (tertiary/aromatic N) is 1. The minimum absolute atomic E-state index is 0.322. The van der Waals surface area contributed by atoms with Crippen LogP contribution in [-0.4, -0.2) is 12.0 Å². The summed E-state index contributed by atoms with van der Waals surface area (Å²) >= 11 is 1.87. The number of hydrogen-bond acceptors (Lipinski definition) is 3. The van der Waals surface area contributed by atoms with Crippen molar-refractivity contribution >= 4 is 21.4 Å². The fourth-order valence-corrected chi connectivity index (χ4v) is 3.69. The molecule has 1 N–H and O–H groups in total. The van der Waals surface area contributed by atoms with E-state index in [9.17, 15) is 0 Å². The molecule has 0 radical (unpaired) electrons. The van der Waals surface area contributed by atoms with Gasteiger partial charge in [0.1, 0.15) is 0 Å². The summed E-state index contributed by atoms with van der Waals surface area (Å²) in [6, 6.07) is 15.5. The van der Waals surface area contributed by atoms with Crippen LogP contribution in [0.3, 0.4) is 0 Å². The molecule has 3 aromatic rings. The molecule has 1 unspecified atom stereocenters. The lowest BCUT2D eigenvalue weighted by atomic mass is 10.1. The van der Waals surface area contributed by atoms with Gasteiger partial charge in [-0.2, -0.15) is 0 Å². The van der Waals surface area contributed by atoms with Gasteiger partial charge in [0.25, 0.3) is 0 Å². The summed E-state index contributed by atoms with van der Waals surface area (Å²) < 4.78 is 1.35. The van der Waals surface area contributed by atoms with Crippen molar-refractivity contribution in [3.8, 4) is 0 Å². The second-order valence-electron chi connectivity index (χ2n) is 5.24. The summed E-state index contributed by atoms with van der Waals surface area (Å²) in [4.78, 5) is 5.96. The van der Waals surface area contributed by atoms with Crippen LogP contribution in [0.15, 0.2) is 48.7 Å². The Kier molecular flexibility index (Phi) is 4.32. The molecule has 0 bridgehead atoms. The molecule has 2 heterocycles. The van der Waals surface area contributed by atoms with Crippen LogP contribution in [0.25, 0.3) is 10.1 Å². The molecule has 0 saturated carbocycles. The number of rotatable bonds is 5. The van der Waals surface area contributed by atoms with Crippen LogP contribution in [0.4, 0.5) is 0 Å². The highest BCUT2D eigenvalue weighted by Gasteiger charge is 2.14. The number of likely N-dealkylation sites (N-methyl/N-ethyl adjacent to an activating group) is 1. The topological polar surface area (TPSA) is 24.9 Å². The summed E-state index contributed by atoms with van der Waals surface area (Å²) in [5.41, 5.74) is 2.44. The van der Waals surface area contributed by atoms with E-state index in [1.165, 1.54) is 20.5 Å². The van der Waals surface area contributed by atoms with Crippen LogP contribution >= 0.6 is 11.3 Å². The van der Waals surface area contributed by atoms with Crippen molar-refractivity contribution in [2.24, 2.45) is 0 Å². The highest BCUT2D eigenvalue weighted by molar-refractivity contribution is 7.19. The summed E-state index contributed by atoms with van der Waals surface area (Å²) in [5, 5.41) is 4.75. The average molecular weight is 296 g/mol. The normalized spacial score (nSPS) is 12.7. The molecule has 0 aliphatic heterocycles. The van der Waals surface area contributed by atoms with Gasteiger partial charge in [-0.1, -0.05) is 31.2 Å². The summed E-state index contributed by atoms with van der Waals surface area (Å²) in [6.07, 6.45) is 3.96. The number of aromatic nitrogens is 1. The monoisotopic (exact) mass is 296 g/mol. The number of pyridine rings is 1. The van der Waals surface area contributed by atoms with Gasteiger partial charge in [-0.05, 0) is 42.6 Å². The fraction of sp³-hybridized carbons (Fsp3) is 0.278. The lowest BCUT2D eigenvalue weighted by molar-refractivity contribution is 0.594. The molecule has 108 valence electrons. The summed E-state index contributed by atoms with van der Waals surface area (Å²) in [5.74, 6) is 0. The standard InChI is InChI=1S/C18H20N2S/c1-3-13-8-9-15(20-12-13)11-16(19-2)18-10-14-6-4-5-7-17(14)21-18/h4-10,12,16,19H,3,11H2,1-2H3. The largest absolute Gasteiger partial charge is 0.312 e. The smallest absolute Gasteiger partial charge is 0.0468 e. The van der Waals surface area contributed by atoms with Crippen LogP contribution in [0.1, 0.15) is 29.1 Å². The maximum absolute atomic E-state index is 4.58. The number of benzene rings is 1. The van der Waals surface area contributed by atoms with E-state index in [4.69, 9.17) is 0 Å². The first-order chi connectivity index (χ1) is 10.3. The highest BCUT2D eigenvalue weighted by atomic mass is 32.1. The quantitative estimate of drug-likeness (QED) is 0.756. The Morgan fingerprint density at radius 3 is 2.71 bits per heavy atom. The summed E-state index contributed by atoms with van der Waals surface area (Å²) in [7, 11) is 2.02. The molecule has 3 heteroatoms. The number of thiophene rings is 1. The molecule has 1 atom stereocenters. The van der Waals surface area contributed by atoms with E-state index in [0.29, 0.717) is 6.04 Å². The highest BCUT2D eigenvalue weighted by Crippen LogP contribution is 2.31. The third-order valence-corrected chi connectivity index (χ3v) is 5.07. The second-order valence-corrected chi connectivity index (χ2v) is 6.36. The van der Waals surface area contributed by atoms with E-state index < -0.39 is 0 Å². The van der Waals surface area contributed by atoms with Gasteiger partial charge in [0.05, 0.1) is 0 Å². The van der Waals surface area contributed by atoms with Crippen molar-refractivity contribution in [1.82, 2.24) is 10.3 Å². The van der Waals surface area contributed by atoms with E-state index in [2.05, 4.69) is 59.7 Å². The lowest BCUT2D eigenvalue weighted by Gasteiger charge is -2.14. The second kappa shape index (κ2) is 6.37. The maximum atomic E-state index is 4.58. The van der Waals surface area contributed by atoms with E-state index in [1.54, 1.807) is 0 Å². The molecule has 3 rings (SSSR count). The van der Waals surface area contributed by atoms with Crippen LogP contribution in [-0.2, 0) is 12.8 Å². The van der Waals surface area contributed by atoms with Crippen molar-refractivity contribution in [3.63, 3.8) is 0 Å². The molecule has 21 heavy (non-hydrogen) atoms. The minimum Gasteiger partial charge on any atom is -0.312 e. The van der Waals surface area contributed by atoms with E-state index >= 15 is 0 Å². The third-order valence-electron chi connectivity index (χ3n) is 3.84. The van der Waals surface area contributed by atoms with Gasteiger partial charge in [-0.3, -0.25) is 4.98 Å². The molecule has 0 aliphatic carbocycles. The van der Waals surface area contributed by atoms with Crippen molar-refractivity contribution in [2.75, 3.05) is 7.05 Å². The molecule has 0 spiro atoms. The molecule has 1 aromatic carbocycles. The third kappa shape index (κ3) is 3.14. The first kappa shape index (κ1) is 14.2. The van der Waals surface area contributed by atoms with Crippen LogP contribution in [0.2, 0.25) is 0 Å². The van der Waals surface area contributed by atoms with Gasteiger partial charge in [0.15, 0.2) is 0 Å². The molecular weight excluding hydrogens is 276 g/mol. The predicted octanol–water partition coefficient (Wildman–Crippen LogP) is 4.36. The molecule has 0 saturated heterocycles. The van der Waals surface area contributed by atoms with Crippen LogP contribution < -0.4 is 5.32 Å². The molecule has 0 aliphatic rings. The van der Waals surface area contributed by atoms with Crippen LogP contribution in [0.5, 0.6) is 0 Å². The summed E-state index contributed by atoms with van der Waals surface area (Å²) in [6.45, 7) is 2.16. The van der Waals surface area contributed by atoms with Gasteiger partial charge >= 0.3 is 0 Å². The Labute approximate surface area is 129 Å². The van der Waals surface area contributed by atoms with Crippen molar-refractivity contribution in [1.29, 1.82) is 0 Å². The molecule has 2 aromatic heterocycles. The number of nitrogens with one attached hydrogen (secondary N) is 1. The Morgan fingerprint density at radius 1 is 1.19 bits per heavy atom. The van der Waals surface area contributed by atoms with Gasteiger partial charge in [0, 0.05) is 33.9 Å². The predicted molar refractivity (Wildman–Crippen MR) is 90.9 cm³/mol. The van der Waals surface area contributed by atoms with Gasteiger partial charge < -0.3 is 5.32 Å². The first-order valence-corrected chi connectivity index (χ1v) is 8.21. The van der Waals surface area contributed by atoms with E-state index in [1.807, 2.05) is 24.6 Å². The lowest BCUT2D eigenvalue weighted by Crippen LogP contribution is -2.18. The van der Waals surface area contributed by atoms with Crippen molar-refractivity contribution in [2.45, 2.75) is 25.8 Å². The van der Waals surface area contributed by atoms with E-state index in [-0.39, 0.29) is 0 Å². The Bertz CT molecular complexity index is 682. The van der Waals surface area contributed by atoms with Crippen LogP contribution in [0, 0.1) is 0 Å². The molecule has 2 nitrogen and oxygen atoms in total. The van der Waals surface area contributed by atoms with Gasteiger partial charge in [-0.25, -0.2) is 0 Å². The zero-order valence-electron chi connectivity index (χ0n) is 12.5. The number of hydrogen-bond donors (Lipinski definition) is 1. The zero-order chi connectivity index (χ0) is 14.7. The fourth-order valence-electron chi connectivity index (χ4n) is 2.51. The average Bonchev–Trinajstić information content (AvgIpc) is 2.97. The van der Waals surface area contributed by atoms with Crippen molar-refractivity contribution < 1.29 is 0 Å². The van der Waals surface area contributed by atoms with Crippen molar-refractivity contribution in [3.05, 3.63) is 64.8 Å². The Hall–Kier alpha value is -1.71. The SMILES string of the molecule is CCc1ccc(CC(NC)c2cc3ccccc3s2)nc1. The first-order valence-electron chi connectivity index (χ1n) is 7.39. The molecular formula is C18H20N2S. The number of aryl methyl sites for hydroxylation is 1. The Morgan fingerprint density at radius 2 is 2.05 bits per heavy atom. The van der Waals surface area contributed by atoms with E-state index in [0.717, 1.165) is 18.5 Å². The Balaban J connectivity index is 1.83. The number of fused-ring (bicyclic) bond motifs is 1. The molecule has 0 fully saturated rings. The maximum Gasteiger partial charge on any atom is 0.0468 e. The zero-order valence-corrected chi connectivity index (χ0v) is 13.3. The van der Waals surface area contributed by atoms with Gasteiger partial charge in [0.2, 0.25) is 0 Å². The molecule has 0 amide bonds. The minimum atomic E-state index is 0.322.